The predicted octanol–water partition coefficient (Wildman–Crippen LogP) is 1.71. The number of carbonyl (C=O) groups is 2. The molecule has 2 rings (SSSR count). The normalized spacial score (nSPS) is 16.1. The van der Waals surface area contributed by atoms with Gasteiger partial charge in [-0.1, -0.05) is 6.92 Å². The fraction of sp³-hybridized carbons (Fsp3) is 0.615. The van der Waals surface area contributed by atoms with Crippen LogP contribution in [0.4, 0.5) is 0 Å². The van der Waals surface area contributed by atoms with Gasteiger partial charge in [0.2, 0.25) is 5.91 Å². The average molecular weight is 282 g/mol. The van der Waals surface area contributed by atoms with Crippen LogP contribution in [0.5, 0.6) is 0 Å². The van der Waals surface area contributed by atoms with E-state index in [-0.39, 0.29) is 18.4 Å². The zero-order valence-corrected chi connectivity index (χ0v) is 11.9. The molecule has 0 aromatic carbocycles. The molecule has 0 unspecified atom stereocenters. The van der Waals surface area contributed by atoms with Crippen molar-refractivity contribution in [2.75, 3.05) is 6.54 Å². The molecule has 0 radical (unpaired) electrons. The molecule has 1 atom stereocenters. The molecular formula is C13H18N2O3S. The fourth-order valence-electron chi connectivity index (χ4n) is 1.96. The van der Waals surface area contributed by atoms with Crippen LogP contribution in [0.1, 0.15) is 30.5 Å². The number of aryl methyl sites for hydroxylation is 1. The van der Waals surface area contributed by atoms with Crippen molar-refractivity contribution in [3.63, 3.8) is 0 Å². The Morgan fingerprint density at radius 1 is 1.58 bits per heavy atom. The first-order chi connectivity index (χ1) is 8.97. The molecule has 0 spiro atoms. The van der Waals surface area contributed by atoms with Gasteiger partial charge in [0, 0.05) is 18.0 Å². The van der Waals surface area contributed by atoms with Crippen LogP contribution in [-0.4, -0.2) is 39.5 Å². The molecule has 19 heavy (non-hydrogen) atoms. The lowest BCUT2D eigenvalue weighted by Crippen LogP contribution is -2.39. The van der Waals surface area contributed by atoms with Crippen LogP contribution >= 0.6 is 11.3 Å². The van der Waals surface area contributed by atoms with Crippen molar-refractivity contribution >= 4 is 23.2 Å². The average Bonchev–Trinajstić information content (AvgIpc) is 3.10. The summed E-state index contributed by atoms with van der Waals surface area (Å²) in [6.07, 6.45) is 2.23. The van der Waals surface area contributed by atoms with Crippen molar-refractivity contribution in [2.45, 2.75) is 39.2 Å². The van der Waals surface area contributed by atoms with Gasteiger partial charge in [-0.25, -0.2) is 4.98 Å². The molecule has 1 heterocycles. The minimum Gasteiger partial charge on any atom is -0.481 e. The summed E-state index contributed by atoms with van der Waals surface area (Å²) in [5.41, 5.74) is 0.779. The molecule has 1 aromatic heterocycles. The monoisotopic (exact) mass is 282 g/mol. The highest BCUT2D eigenvalue weighted by molar-refractivity contribution is 7.09. The van der Waals surface area contributed by atoms with Gasteiger partial charge in [-0.2, -0.15) is 0 Å². The molecule has 1 aliphatic carbocycles. The molecule has 0 saturated heterocycles. The van der Waals surface area contributed by atoms with E-state index in [1.807, 2.05) is 12.3 Å². The summed E-state index contributed by atoms with van der Waals surface area (Å²) in [7, 11) is 0. The maximum absolute atomic E-state index is 12.3. The Hall–Kier alpha value is -1.43. The van der Waals surface area contributed by atoms with Crippen molar-refractivity contribution in [1.29, 1.82) is 0 Å². The first kappa shape index (κ1) is 14.0. The summed E-state index contributed by atoms with van der Waals surface area (Å²) in [5.74, 6) is -1.40. The highest BCUT2D eigenvalue weighted by Crippen LogP contribution is 2.28. The Morgan fingerprint density at radius 2 is 2.26 bits per heavy atom. The van der Waals surface area contributed by atoms with Gasteiger partial charge in [-0.05, 0) is 19.8 Å². The van der Waals surface area contributed by atoms with Crippen molar-refractivity contribution in [3.05, 3.63) is 16.1 Å². The molecule has 104 valence electrons. The molecule has 1 fully saturated rings. The summed E-state index contributed by atoms with van der Waals surface area (Å²) in [6.45, 7) is 3.84. The Bertz CT molecular complexity index is 482. The third-order valence-electron chi connectivity index (χ3n) is 3.20. The van der Waals surface area contributed by atoms with E-state index in [1.165, 1.54) is 11.3 Å². The number of amides is 1. The lowest BCUT2D eigenvalue weighted by Gasteiger charge is -2.24. The smallest absolute Gasteiger partial charge is 0.308 e. The Kier molecular flexibility index (Phi) is 4.19. The number of aromatic nitrogens is 1. The SMILES string of the molecule is Cc1nc(CC(=O)N(C[C@H](C)C(=O)O)C2CC2)cs1. The molecule has 6 heteroatoms. The first-order valence-corrected chi connectivity index (χ1v) is 7.28. The van der Waals surface area contributed by atoms with Gasteiger partial charge in [0.25, 0.3) is 0 Å². The van der Waals surface area contributed by atoms with Crippen LogP contribution < -0.4 is 0 Å². The quantitative estimate of drug-likeness (QED) is 0.862. The third-order valence-corrected chi connectivity index (χ3v) is 4.02. The number of aliphatic carboxylic acids is 1. The highest BCUT2D eigenvalue weighted by atomic mass is 32.1. The van der Waals surface area contributed by atoms with Crippen LogP contribution in [0.2, 0.25) is 0 Å². The number of rotatable bonds is 6. The van der Waals surface area contributed by atoms with Gasteiger partial charge < -0.3 is 10.0 Å². The van der Waals surface area contributed by atoms with Crippen LogP contribution in [0.25, 0.3) is 0 Å². The van der Waals surface area contributed by atoms with Gasteiger partial charge in [0.05, 0.1) is 23.0 Å². The highest BCUT2D eigenvalue weighted by Gasteiger charge is 2.34. The third kappa shape index (κ3) is 3.76. The summed E-state index contributed by atoms with van der Waals surface area (Å²) < 4.78 is 0. The summed E-state index contributed by atoms with van der Waals surface area (Å²) >= 11 is 1.52. The van der Waals surface area contributed by atoms with E-state index in [9.17, 15) is 9.59 Å². The number of hydrogen-bond acceptors (Lipinski definition) is 4. The lowest BCUT2D eigenvalue weighted by molar-refractivity contribution is -0.143. The second-order valence-corrected chi connectivity index (χ2v) is 6.11. The zero-order valence-electron chi connectivity index (χ0n) is 11.1. The Morgan fingerprint density at radius 3 is 2.74 bits per heavy atom. The number of carboxylic acid groups (broad SMARTS) is 1. The van der Waals surface area contributed by atoms with E-state index in [0.29, 0.717) is 6.54 Å². The van der Waals surface area contributed by atoms with Crippen molar-refractivity contribution in [1.82, 2.24) is 9.88 Å². The standard InChI is InChI=1S/C13H18N2O3S/c1-8(13(17)18)6-15(11-3-4-11)12(16)5-10-7-19-9(2)14-10/h7-8,11H,3-6H2,1-2H3,(H,17,18)/t8-/m0/s1. The molecular weight excluding hydrogens is 264 g/mol. The fourth-order valence-corrected chi connectivity index (χ4v) is 2.57. The number of nitrogens with zero attached hydrogens (tertiary/aromatic N) is 2. The molecule has 1 amide bonds. The summed E-state index contributed by atoms with van der Waals surface area (Å²) in [6, 6.07) is 0.231. The first-order valence-electron chi connectivity index (χ1n) is 6.40. The van der Waals surface area contributed by atoms with E-state index in [4.69, 9.17) is 5.11 Å². The Labute approximate surface area is 116 Å². The summed E-state index contributed by atoms with van der Waals surface area (Å²) in [5, 5.41) is 11.8. The second kappa shape index (κ2) is 5.69. The molecule has 1 aromatic rings. The van der Waals surface area contributed by atoms with Crippen LogP contribution in [0.3, 0.4) is 0 Å². The zero-order chi connectivity index (χ0) is 14.0. The van der Waals surface area contributed by atoms with Crippen molar-refractivity contribution in [3.8, 4) is 0 Å². The molecule has 0 bridgehead atoms. The topological polar surface area (TPSA) is 70.5 Å². The summed E-state index contributed by atoms with van der Waals surface area (Å²) in [4.78, 5) is 29.2. The number of carbonyl (C=O) groups excluding carboxylic acids is 1. The minimum absolute atomic E-state index is 0.0131. The van der Waals surface area contributed by atoms with Crippen LogP contribution in [0, 0.1) is 12.8 Å². The van der Waals surface area contributed by atoms with Gasteiger partial charge in [-0.15, -0.1) is 11.3 Å². The molecule has 1 aliphatic rings. The van der Waals surface area contributed by atoms with E-state index in [0.717, 1.165) is 23.5 Å². The van der Waals surface area contributed by atoms with Gasteiger partial charge in [0.1, 0.15) is 0 Å². The lowest BCUT2D eigenvalue weighted by atomic mass is 10.1. The minimum atomic E-state index is -0.858. The van der Waals surface area contributed by atoms with Gasteiger partial charge >= 0.3 is 5.97 Å². The number of carboxylic acids is 1. The Balaban J connectivity index is 1.98. The largest absolute Gasteiger partial charge is 0.481 e. The maximum atomic E-state index is 12.3. The predicted molar refractivity (Wildman–Crippen MR) is 72.1 cm³/mol. The van der Waals surface area contributed by atoms with Crippen LogP contribution in [-0.2, 0) is 16.0 Å². The number of hydrogen-bond donors (Lipinski definition) is 1. The van der Waals surface area contributed by atoms with E-state index in [2.05, 4.69) is 4.98 Å². The van der Waals surface area contributed by atoms with E-state index in [1.54, 1.807) is 11.8 Å². The van der Waals surface area contributed by atoms with Gasteiger partial charge in [0.15, 0.2) is 0 Å². The molecule has 5 nitrogen and oxygen atoms in total. The van der Waals surface area contributed by atoms with E-state index >= 15 is 0 Å². The van der Waals surface area contributed by atoms with Gasteiger partial charge in [-0.3, -0.25) is 9.59 Å². The van der Waals surface area contributed by atoms with Crippen LogP contribution in [0.15, 0.2) is 5.38 Å². The molecule has 1 saturated carbocycles. The number of thiazole rings is 1. The van der Waals surface area contributed by atoms with E-state index < -0.39 is 11.9 Å². The van der Waals surface area contributed by atoms with Crippen molar-refractivity contribution < 1.29 is 14.7 Å². The molecule has 1 N–H and O–H groups in total. The second-order valence-electron chi connectivity index (χ2n) is 5.05. The maximum Gasteiger partial charge on any atom is 0.308 e. The van der Waals surface area contributed by atoms with Crippen molar-refractivity contribution in [2.24, 2.45) is 5.92 Å². The molecule has 0 aliphatic heterocycles.